The van der Waals surface area contributed by atoms with E-state index in [9.17, 15) is 0 Å². The molecule has 2 aromatic heterocycles. The van der Waals surface area contributed by atoms with E-state index in [1.54, 1.807) is 0 Å². The van der Waals surface area contributed by atoms with Gasteiger partial charge < -0.3 is 9.13 Å². The summed E-state index contributed by atoms with van der Waals surface area (Å²) in [5.41, 5.74) is 3.83. The Balaban J connectivity index is 1.98. The number of fused-ring (bicyclic) bond motifs is 1. The van der Waals surface area contributed by atoms with E-state index in [0.717, 1.165) is 11.0 Å². The largest absolute Gasteiger partial charge is 0.347 e. The number of nitrogens with zero attached hydrogens (tertiary/aromatic N) is 3. The van der Waals surface area contributed by atoms with Crippen molar-refractivity contribution in [3.63, 3.8) is 0 Å². The van der Waals surface area contributed by atoms with Gasteiger partial charge in [-0.15, -0.1) is 0 Å². The van der Waals surface area contributed by atoms with Crippen LogP contribution in [-0.4, -0.2) is 14.1 Å². The number of para-hydroxylation sites is 1. The number of hydrogen-bond donors (Lipinski definition) is 0. The van der Waals surface area contributed by atoms with Crippen LogP contribution in [0.1, 0.15) is 24.1 Å². The van der Waals surface area contributed by atoms with Crippen LogP contribution in [0.5, 0.6) is 0 Å². The van der Waals surface area contributed by atoms with Crippen LogP contribution in [0.3, 0.4) is 0 Å². The van der Waals surface area contributed by atoms with Crippen molar-refractivity contribution in [3.8, 4) is 0 Å². The van der Waals surface area contributed by atoms with Crippen LogP contribution < -0.4 is 0 Å². The Bertz CT molecular complexity index is 952. The van der Waals surface area contributed by atoms with E-state index in [1.807, 2.05) is 18.7 Å². The summed E-state index contributed by atoms with van der Waals surface area (Å²) in [7, 11) is 0. The highest BCUT2D eigenvalue weighted by atomic mass is 79.9. The average molecular weight is 380 g/mol. The standard InChI is InChI=1S/C20H18BrN3/c1-2-23-12-10-15-4-3-5-18(19(15)23)20(24-13-11-22-14-24)16-6-8-17(21)9-7-16/h3-14,20H,2H2,1H3. The molecule has 0 spiro atoms. The van der Waals surface area contributed by atoms with Gasteiger partial charge in [-0.3, -0.25) is 0 Å². The maximum absolute atomic E-state index is 4.27. The molecule has 0 aliphatic rings. The van der Waals surface area contributed by atoms with Gasteiger partial charge in [0, 0.05) is 35.2 Å². The summed E-state index contributed by atoms with van der Waals surface area (Å²) in [6, 6.07) is 17.4. The fourth-order valence-electron chi connectivity index (χ4n) is 3.35. The number of aromatic nitrogens is 3. The minimum absolute atomic E-state index is 0.101. The third-order valence-electron chi connectivity index (χ3n) is 4.46. The maximum Gasteiger partial charge on any atom is 0.0954 e. The molecule has 2 heterocycles. The normalized spacial score (nSPS) is 12.6. The van der Waals surface area contributed by atoms with Crippen molar-refractivity contribution in [2.45, 2.75) is 19.5 Å². The Morgan fingerprint density at radius 3 is 2.58 bits per heavy atom. The van der Waals surface area contributed by atoms with Gasteiger partial charge in [0.1, 0.15) is 0 Å². The molecule has 1 unspecified atom stereocenters. The number of imidazole rings is 1. The summed E-state index contributed by atoms with van der Waals surface area (Å²) in [5, 5.41) is 1.27. The van der Waals surface area contributed by atoms with Crippen LogP contribution in [0.15, 0.2) is 77.9 Å². The van der Waals surface area contributed by atoms with Crippen molar-refractivity contribution in [3.05, 3.63) is 89.0 Å². The number of benzene rings is 2. The first-order chi connectivity index (χ1) is 11.8. The van der Waals surface area contributed by atoms with Crippen LogP contribution >= 0.6 is 15.9 Å². The second kappa shape index (κ2) is 6.29. The first-order valence-electron chi connectivity index (χ1n) is 8.08. The van der Waals surface area contributed by atoms with Crippen LogP contribution in [0.4, 0.5) is 0 Å². The molecule has 2 aromatic carbocycles. The zero-order valence-electron chi connectivity index (χ0n) is 13.4. The topological polar surface area (TPSA) is 22.8 Å². The first-order valence-corrected chi connectivity index (χ1v) is 8.88. The van der Waals surface area contributed by atoms with Gasteiger partial charge in [-0.1, -0.05) is 46.3 Å². The molecule has 0 saturated carbocycles. The Morgan fingerprint density at radius 1 is 1.04 bits per heavy atom. The molecule has 4 rings (SSSR count). The van der Waals surface area contributed by atoms with Crippen molar-refractivity contribution >= 4 is 26.8 Å². The molecule has 0 aliphatic carbocycles. The van der Waals surface area contributed by atoms with E-state index < -0.39 is 0 Å². The molecule has 3 nitrogen and oxygen atoms in total. The van der Waals surface area contributed by atoms with E-state index in [4.69, 9.17) is 0 Å². The predicted octanol–water partition coefficient (Wildman–Crippen LogP) is 5.26. The Labute approximate surface area is 149 Å². The number of rotatable bonds is 4. The molecule has 0 N–H and O–H groups in total. The van der Waals surface area contributed by atoms with E-state index >= 15 is 0 Å². The van der Waals surface area contributed by atoms with E-state index in [-0.39, 0.29) is 6.04 Å². The molecule has 24 heavy (non-hydrogen) atoms. The van der Waals surface area contributed by atoms with Crippen molar-refractivity contribution in [1.82, 2.24) is 14.1 Å². The summed E-state index contributed by atoms with van der Waals surface area (Å²) < 4.78 is 5.57. The van der Waals surface area contributed by atoms with Gasteiger partial charge in [0.15, 0.2) is 0 Å². The molecule has 120 valence electrons. The highest BCUT2D eigenvalue weighted by Crippen LogP contribution is 2.33. The SMILES string of the molecule is CCn1ccc2cccc(C(c3ccc(Br)cc3)n3ccnc3)c21. The molecular weight excluding hydrogens is 362 g/mol. The zero-order chi connectivity index (χ0) is 16.5. The molecule has 1 atom stereocenters. The van der Waals surface area contributed by atoms with Crippen molar-refractivity contribution in [2.24, 2.45) is 0 Å². The summed E-state index contributed by atoms with van der Waals surface area (Å²) in [6.07, 6.45) is 7.93. The predicted molar refractivity (Wildman–Crippen MR) is 101 cm³/mol. The number of hydrogen-bond acceptors (Lipinski definition) is 1. The maximum atomic E-state index is 4.27. The van der Waals surface area contributed by atoms with E-state index in [1.165, 1.54) is 22.0 Å². The van der Waals surface area contributed by atoms with Gasteiger partial charge in [0.05, 0.1) is 17.9 Å². The van der Waals surface area contributed by atoms with Gasteiger partial charge in [-0.25, -0.2) is 4.98 Å². The Hall–Kier alpha value is -2.33. The fraction of sp³-hybridized carbons (Fsp3) is 0.150. The second-order valence-electron chi connectivity index (χ2n) is 5.85. The quantitative estimate of drug-likeness (QED) is 0.474. The van der Waals surface area contributed by atoms with Gasteiger partial charge in [-0.05, 0) is 36.1 Å². The summed E-state index contributed by atoms with van der Waals surface area (Å²) in [6.45, 7) is 3.14. The highest BCUT2D eigenvalue weighted by molar-refractivity contribution is 9.10. The summed E-state index contributed by atoms with van der Waals surface area (Å²) in [4.78, 5) is 4.27. The fourth-order valence-corrected chi connectivity index (χ4v) is 3.62. The van der Waals surface area contributed by atoms with Crippen LogP contribution in [0, 0.1) is 0 Å². The van der Waals surface area contributed by atoms with Gasteiger partial charge >= 0.3 is 0 Å². The minimum atomic E-state index is 0.101. The molecule has 4 heteroatoms. The lowest BCUT2D eigenvalue weighted by Gasteiger charge is -2.22. The Kier molecular flexibility index (Phi) is 3.98. The smallest absolute Gasteiger partial charge is 0.0954 e. The highest BCUT2D eigenvalue weighted by Gasteiger charge is 2.20. The number of halogens is 1. The lowest BCUT2D eigenvalue weighted by Crippen LogP contribution is -2.12. The summed E-state index contributed by atoms with van der Waals surface area (Å²) >= 11 is 3.53. The zero-order valence-corrected chi connectivity index (χ0v) is 15.0. The van der Waals surface area contributed by atoms with E-state index in [0.29, 0.717) is 0 Å². The molecular formula is C20H18BrN3. The van der Waals surface area contributed by atoms with Crippen molar-refractivity contribution < 1.29 is 0 Å². The van der Waals surface area contributed by atoms with Crippen LogP contribution in [-0.2, 0) is 6.54 Å². The Morgan fingerprint density at radius 2 is 1.88 bits per heavy atom. The lowest BCUT2D eigenvalue weighted by atomic mass is 9.96. The first kappa shape index (κ1) is 15.2. The van der Waals surface area contributed by atoms with E-state index in [2.05, 4.69) is 91.7 Å². The molecule has 0 radical (unpaired) electrons. The molecule has 0 saturated heterocycles. The third kappa shape index (κ3) is 2.57. The van der Waals surface area contributed by atoms with Gasteiger partial charge in [-0.2, -0.15) is 0 Å². The van der Waals surface area contributed by atoms with Crippen molar-refractivity contribution in [2.75, 3.05) is 0 Å². The summed E-state index contributed by atoms with van der Waals surface area (Å²) in [5.74, 6) is 0. The van der Waals surface area contributed by atoms with Gasteiger partial charge in [0.2, 0.25) is 0 Å². The lowest BCUT2D eigenvalue weighted by molar-refractivity contribution is 0.674. The minimum Gasteiger partial charge on any atom is -0.347 e. The molecule has 4 aromatic rings. The van der Waals surface area contributed by atoms with Gasteiger partial charge in [0.25, 0.3) is 0 Å². The van der Waals surface area contributed by atoms with Crippen LogP contribution in [0.25, 0.3) is 10.9 Å². The molecule has 0 aliphatic heterocycles. The van der Waals surface area contributed by atoms with Crippen molar-refractivity contribution in [1.29, 1.82) is 0 Å². The average Bonchev–Trinajstić information content (AvgIpc) is 3.26. The molecule has 0 fully saturated rings. The molecule has 0 bridgehead atoms. The van der Waals surface area contributed by atoms with Crippen LogP contribution in [0.2, 0.25) is 0 Å². The third-order valence-corrected chi connectivity index (χ3v) is 4.99. The molecule has 0 amide bonds. The number of aryl methyl sites for hydroxylation is 1. The monoisotopic (exact) mass is 379 g/mol. The second-order valence-corrected chi connectivity index (χ2v) is 6.77.